The van der Waals surface area contributed by atoms with Crippen LogP contribution in [0.25, 0.3) is 0 Å². The van der Waals surface area contributed by atoms with E-state index in [9.17, 15) is 18.0 Å². The van der Waals surface area contributed by atoms with E-state index in [1.54, 1.807) is 0 Å². The first-order valence-electron chi connectivity index (χ1n) is 9.17. The van der Waals surface area contributed by atoms with Gasteiger partial charge in [-0.2, -0.15) is 0 Å². The van der Waals surface area contributed by atoms with Gasteiger partial charge in [0, 0.05) is 12.8 Å². The minimum absolute atomic E-state index is 0.146. The maximum absolute atomic E-state index is 13.4. The lowest BCUT2D eigenvalue weighted by Gasteiger charge is -2.33. The van der Waals surface area contributed by atoms with Crippen molar-refractivity contribution in [3.05, 3.63) is 0 Å². The molecule has 0 aromatic carbocycles. The highest BCUT2D eigenvalue weighted by Crippen LogP contribution is 2.41. The first-order valence-corrected chi connectivity index (χ1v) is 9.17. The van der Waals surface area contributed by atoms with Gasteiger partial charge in [0.25, 0.3) is 0 Å². The second kappa shape index (κ2) is 7.43. The molecule has 2 unspecified atom stereocenters. The van der Waals surface area contributed by atoms with Crippen LogP contribution in [0.2, 0.25) is 0 Å². The van der Waals surface area contributed by atoms with Crippen molar-refractivity contribution < 1.29 is 22.7 Å². The number of rotatable bonds is 3. The molecule has 0 radical (unpaired) electrons. The maximum atomic E-state index is 13.4. The summed E-state index contributed by atoms with van der Waals surface area (Å²) in [5.41, 5.74) is 0. The number of carbonyl (C=O) groups is 1. The Balaban J connectivity index is 1.44. The van der Waals surface area contributed by atoms with Crippen LogP contribution >= 0.6 is 0 Å². The van der Waals surface area contributed by atoms with Crippen LogP contribution in [0, 0.1) is 17.8 Å². The normalized spacial score (nSPS) is 42.6. The van der Waals surface area contributed by atoms with Gasteiger partial charge in [-0.1, -0.05) is 25.7 Å². The predicted octanol–water partition coefficient (Wildman–Crippen LogP) is 4.70. The summed E-state index contributed by atoms with van der Waals surface area (Å²) in [5, 5.41) is 0. The van der Waals surface area contributed by atoms with Gasteiger partial charge in [-0.15, -0.1) is 0 Å². The van der Waals surface area contributed by atoms with Crippen LogP contribution in [0.4, 0.5) is 13.2 Å². The molecule has 0 N–H and O–H groups in total. The number of alkyl halides is 3. The van der Waals surface area contributed by atoms with Crippen LogP contribution in [0.15, 0.2) is 0 Å². The van der Waals surface area contributed by atoms with Crippen molar-refractivity contribution >= 4 is 5.97 Å². The molecule has 0 saturated heterocycles. The lowest BCUT2D eigenvalue weighted by atomic mass is 9.75. The third-order valence-corrected chi connectivity index (χ3v) is 6.12. The second-order valence-corrected chi connectivity index (χ2v) is 7.66. The molecule has 0 bridgehead atoms. The fourth-order valence-electron chi connectivity index (χ4n) is 4.70. The van der Waals surface area contributed by atoms with Crippen LogP contribution in [0.1, 0.15) is 64.2 Å². The van der Waals surface area contributed by atoms with Gasteiger partial charge >= 0.3 is 5.97 Å². The van der Waals surface area contributed by atoms with E-state index in [1.165, 1.54) is 25.7 Å². The molecule has 3 fully saturated rings. The lowest BCUT2D eigenvalue weighted by molar-refractivity contribution is -0.161. The minimum atomic E-state index is -2.08. The Morgan fingerprint density at radius 2 is 1.30 bits per heavy atom. The van der Waals surface area contributed by atoms with Crippen LogP contribution in [-0.4, -0.2) is 30.6 Å². The zero-order chi connectivity index (χ0) is 16.4. The summed E-state index contributed by atoms with van der Waals surface area (Å²) in [7, 11) is 0. The van der Waals surface area contributed by atoms with E-state index in [2.05, 4.69) is 0 Å². The number of carbonyl (C=O) groups excluding carboxylic acids is 1. The second-order valence-electron chi connectivity index (χ2n) is 7.66. The number of halogens is 3. The van der Waals surface area contributed by atoms with Gasteiger partial charge in [-0.25, -0.2) is 13.2 Å². The summed E-state index contributed by atoms with van der Waals surface area (Å²) < 4.78 is 45.2. The SMILES string of the molecule is O=C(OC1CC(F)C(F)C(F)C1)C1CCC(C2CCCC2)CC1. The van der Waals surface area contributed by atoms with E-state index in [-0.39, 0.29) is 24.7 Å². The van der Waals surface area contributed by atoms with Gasteiger partial charge < -0.3 is 4.74 Å². The molecule has 132 valence electrons. The molecule has 5 heteroatoms. The van der Waals surface area contributed by atoms with Crippen molar-refractivity contribution in [1.29, 1.82) is 0 Å². The third kappa shape index (κ3) is 4.03. The van der Waals surface area contributed by atoms with Crippen molar-refractivity contribution in [2.24, 2.45) is 17.8 Å². The molecular weight excluding hydrogens is 305 g/mol. The molecule has 3 rings (SSSR count). The Hall–Kier alpha value is -0.740. The molecule has 2 atom stereocenters. The van der Waals surface area contributed by atoms with Crippen LogP contribution in [0.5, 0.6) is 0 Å². The molecule has 0 aromatic rings. The van der Waals surface area contributed by atoms with Gasteiger partial charge in [0.1, 0.15) is 18.4 Å². The van der Waals surface area contributed by atoms with Gasteiger partial charge in [-0.05, 0) is 37.5 Å². The fraction of sp³-hybridized carbons (Fsp3) is 0.944. The topological polar surface area (TPSA) is 26.3 Å². The van der Waals surface area contributed by atoms with Gasteiger partial charge in [0.05, 0.1) is 5.92 Å². The molecule has 3 saturated carbocycles. The number of hydrogen-bond acceptors (Lipinski definition) is 2. The van der Waals surface area contributed by atoms with E-state index in [0.717, 1.165) is 37.5 Å². The number of ether oxygens (including phenoxy) is 1. The Labute approximate surface area is 136 Å². The highest BCUT2D eigenvalue weighted by molar-refractivity contribution is 5.72. The summed E-state index contributed by atoms with van der Waals surface area (Å²) in [6.07, 6.45) is 1.99. The third-order valence-electron chi connectivity index (χ3n) is 6.12. The van der Waals surface area contributed by atoms with E-state index in [1.807, 2.05) is 0 Å². The summed E-state index contributed by atoms with van der Waals surface area (Å²) in [5.74, 6) is 1.07. The smallest absolute Gasteiger partial charge is 0.309 e. The van der Waals surface area contributed by atoms with E-state index in [0.29, 0.717) is 0 Å². The van der Waals surface area contributed by atoms with Crippen molar-refractivity contribution in [1.82, 2.24) is 0 Å². The number of esters is 1. The fourth-order valence-corrected chi connectivity index (χ4v) is 4.70. The average molecular weight is 332 g/mol. The summed E-state index contributed by atoms with van der Waals surface area (Å²) in [4.78, 5) is 12.2. The van der Waals surface area contributed by atoms with Crippen LogP contribution < -0.4 is 0 Å². The lowest BCUT2D eigenvalue weighted by Crippen LogP contribution is -2.42. The largest absolute Gasteiger partial charge is 0.462 e. The minimum Gasteiger partial charge on any atom is -0.462 e. The predicted molar refractivity (Wildman–Crippen MR) is 81.2 cm³/mol. The maximum Gasteiger partial charge on any atom is 0.309 e. The van der Waals surface area contributed by atoms with Crippen LogP contribution in [-0.2, 0) is 9.53 Å². The molecular formula is C18H27F3O2. The molecule has 0 aliphatic heterocycles. The Morgan fingerprint density at radius 1 is 0.783 bits per heavy atom. The Morgan fingerprint density at radius 3 is 1.87 bits per heavy atom. The van der Waals surface area contributed by atoms with Crippen molar-refractivity contribution in [3.63, 3.8) is 0 Å². The van der Waals surface area contributed by atoms with Gasteiger partial charge in [-0.3, -0.25) is 4.79 Å². The van der Waals surface area contributed by atoms with Crippen LogP contribution in [0.3, 0.4) is 0 Å². The van der Waals surface area contributed by atoms with Crippen molar-refractivity contribution in [2.75, 3.05) is 0 Å². The number of hydrogen-bond donors (Lipinski definition) is 0. The monoisotopic (exact) mass is 332 g/mol. The van der Waals surface area contributed by atoms with E-state index in [4.69, 9.17) is 4.74 Å². The molecule has 0 amide bonds. The first kappa shape index (κ1) is 17.1. The van der Waals surface area contributed by atoms with Gasteiger partial charge in [0.15, 0.2) is 6.17 Å². The Bertz CT molecular complexity index is 391. The highest BCUT2D eigenvalue weighted by atomic mass is 19.2. The first-order chi connectivity index (χ1) is 11.0. The average Bonchev–Trinajstić information content (AvgIpc) is 3.07. The van der Waals surface area contributed by atoms with Crippen molar-refractivity contribution in [3.8, 4) is 0 Å². The molecule has 3 aliphatic carbocycles. The summed E-state index contributed by atoms with van der Waals surface area (Å²) in [6.45, 7) is 0. The zero-order valence-corrected chi connectivity index (χ0v) is 13.6. The quantitative estimate of drug-likeness (QED) is 0.700. The van der Waals surface area contributed by atoms with E-state index < -0.39 is 24.6 Å². The molecule has 0 heterocycles. The molecule has 2 nitrogen and oxygen atoms in total. The molecule has 3 aliphatic rings. The Kier molecular flexibility index (Phi) is 5.53. The summed E-state index contributed by atoms with van der Waals surface area (Å²) >= 11 is 0. The van der Waals surface area contributed by atoms with Crippen molar-refractivity contribution in [2.45, 2.75) is 88.8 Å². The molecule has 0 spiro atoms. The highest BCUT2D eigenvalue weighted by Gasteiger charge is 2.41. The standard InChI is InChI=1S/C18H27F3O2/c19-15-9-14(10-16(20)17(15)21)23-18(22)13-7-5-12(6-8-13)11-3-1-2-4-11/h11-17H,1-10H2. The molecule has 0 aromatic heterocycles. The van der Waals surface area contributed by atoms with Gasteiger partial charge in [0.2, 0.25) is 0 Å². The zero-order valence-electron chi connectivity index (χ0n) is 13.6. The molecule has 23 heavy (non-hydrogen) atoms. The van der Waals surface area contributed by atoms with E-state index >= 15 is 0 Å². The summed E-state index contributed by atoms with van der Waals surface area (Å²) in [6, 6.07) is 0.